The van der Waals surface area contributed by atoms with Gasteiger partial charge in [0.15, 0.2) is 5.75 Å². The fourth-order valence-electron chi connectivity index (χ4n) is 1.15. The van der Waals surface area contributed by atoms with Crippen LogP contribution in [0.5, 0.6) is 5.75 Å². The maximum atomic E-state index is 11.3. The van der Waals surface area contributed by atoms with Crippen LogP contribution >= 0.6 is 11.6 Å². The van der Waals surface area contributed by atoms with E-state index in [0.29, 0.717) is 0 Å². The lowest BCUT2D eigenvalue weighted by atomic mass is 10.1. The van der Waals surface area contributed by atoms with Crippen molar-refractivity contribution in [2.75, 3.05) is 14.2 Å². The Morgan fingerprint density at radius 2 is 2.13 bits per heavy atom. The molecule has 0 amide bonds. The molecule has 0 bridgehead atoms. The van der Waals surface area contributed by atoms with E-state index in [9.17, 15) is 4.79 Å². The summed E-state index contributed by atoms with van der Waals surface area (Å²) in [5.41, 5.74) is 0.220. The summed E-state index contributed by atoms with van der Waals surface area (Å²) >= 11 is 5.80. The number of ether oxygens (including phenoxy) is 2. The van der Waals surface area contributed by atoms with Crippen LogP contribution in [0.2, 0.25) is 5.02 Å². The van der Waals surface area contributed by atoms with Crippen LogP contribution in [0, 0.1) is 11.3 Å². The number of rotatable bonds is 2. The average molecular weight is 226 g/mol. The molecule has 0 saturated carbocycles. The number of methoxy groups -OCH3 is 2. The van der Waals surface area contributed by atoms with Gasteiger partial charge in [-0.15, -0.1) is 0 Å². The minimum atomic E-state index is -0.596. The van der Waals surface area contributed by atoms with Crippen molar-refractivity contribution in [1.29, 1.82) is 5.26 Å². The number of hydrogen-bond donors (Lipinski definition) is 0. The van der Waals surface area contributed by atoms with E-state index >= 15 is 0 Å². The van der Waals surface area contributed by atoms with Gasteiger partial charge in [0.25, 0.3) is 0 Å². The molecule has 0 heterocycles. The van der Waals surface area contributed by atoms with E-state index in [0.717, 1.165) is 0 Å². The molecule has 0 unspecified atom stereocenters. The lowest BCUT2D eigenvalue weighted by Crippen LogP contribution is -2.05. The van der Waals surface area contributed by atoms with Crippen LogP contribution in [0.3, 0.4) is 0 Å². The third-order valence-electron chi connectivity index (χ3n) is 1.83. The van der Waals surface area contributed by atoms with Crippen molar-refractivity contribution in [3.05, 3.63) is 28.3 Å². The summed E-state index contributed by atoms with van der Waals surface area (Å²) in [6.45, 7) is 0. The molecule has 0 saturated heterocycles. The van der Waals surface area contributed by atoms with Crippen molar-refractivity contribution in [2.24, 2.45) is 0 Å². The molecule has 4 nitrogen and oxygen atoms in total. The Labute approximate surface area is 92.0 Å². The van der Waals surface area contributed by atoms with E-state index in [1.165, 1.54) is 26.4 Å². The topological polar surface area (TPSA) is 59.3 Å². The molecule has 0 aliphatic rings. The molecule has 0 N–H and O–H groups in total. The molecule has 78 valence electrons. The second-order valence-electron chi connectivity index (χ2n) is 2.61. The van der Waals surface area contributed by atoms with Crippen LogP contribution in [0.25, 0.3) is 0 Å². The van der Waals surface area contributed by atoms with Crippen molar-refractivity contribution in [1.82, 2.24) is 0 Å². The smallest absolute Gasteiger partial charge is 0.339 e. The Morgan fingerprint density at radius 3 is 2.60 bits per heavy atom. The maximum Gasteiger partial charge on any atom is 0.339 e. The molecule has 0 aliphatic carbocycles. The molecule has 5 heteroatoms. The largest absolute Gasteiger partial charge is 0.494 e. The molecule has 1 aromatic carbocycles. The molecule has 15 heavy (non-hydrogen) atoms. The van der Waals surface area contributed by atoms with Crippen LogP contribution in [0.15, 0.2) is 12.1 Å². The fourth-order valence-corrected chi connectivity index (χ4v) is 1.38. The van der Waals surface area contributed by atoms with E-state index in [1.807, 2.05) is 6.07 Å². The number of carbonyl (C=O) groups is 1. The summed E-state index contributed by atoms with van der Waals surface area (Å²) < 4.78 is 9.47. The van der Waals surface area contributed by atoms with E-state index < -0.39 is 5.97 Å². The van der Waals surface area contributed by atoms with Crippen molar-refractivity contribution < 1.29 is 14.3 Å². The highest BCUT2D eigenvalue weighted by Gasteiger charge is 2.18. The Bertz CT molecular complexity index is 437. The van der Waals surface area contributed by atoms with Gasteiger partial charge >= 0.3 is 5.97 Å². The summed E-state index contributed by atoms with van der Waals surface area (Å²) in [6.07, 6.45) is 0. The first-order valence-electron chi connectivity index (χ1n) is 4.00. The van der Waals surface area contributed by atoms with Gasteiger partial charge in [0.05, 0.1) is 24.8 Å². The van der Waals surface area contributed by atoms with Gasteiger partial charge in [-0.2, -0.15) is 5.26 Å². The summed E-state index contributed by atoms with van der Waals surface area (Å²) in [6, 6.07) is 4.77. The van der Waals surface area contributed by atoms with Gasteiger partial charge in [-0.25, -0.2) is 4.79 Å². The molecular formula is C10H8ClNO3. The molecule has 0 radical (unpaired) electrons. The highest BCUT2D eigenvalue weighted by molar-refractivity contribution is 6.32. The van der Waals surface area contributed by atoms with Crippen LogP contribution in [0.4, 0.5) is 0 Å². The van der Waals surface area contributed by atoms with E-state index in [4.69, 9.17) is 21.6 Å². The van der Waals surface area contributed by atoms with Gasteiger partial charge in [0, 0.05) is 0 Å². The zero-order valence-electron chi connectivity index (χ0n) is 8.20. The quantitative estimate of drug-likeness (QED) is 0.723. The van der Waals surface area contributed by atoms with Crippen molar-refractivity contribution in [2.45, 2.75) is 0 Å². The van der Waals surface area contributed by atoms with Gasteiger partial charge in [-0.3, -0.25) is 0 Å². The van der Waals surface area contributed by atoms with Gasteiger partial charge < -0.3 is 9.47 Å². The van der Waals surface area contributed by atoms with Crippen molar-refractivity contribution >= 4 is 17.6 Å². The Morgan fingerprint density at radius 1 is 1.47 bits per heavy atom. The number of esters is 1. The normalized spacial score (nSPS) is 9.20. The number of benzene rings is 1. The molecule has 0 aliphatic heterocycles. The second-order valence-corrected chi connectivity index (χ2v) is 3.01. The van der Waals surface area contributed by atoms with Crippen LogP contribution < -0.4 is 4.74 Å². The third-order valence-corrected chi connectivity index (χ3v) is 2.13. The van der Waals surface area contributed by atoms with Gasteiger partial charge in [0.1, 0.15) is 11.6 Å². The summed E-state index contributed by atoms with van der Waals surface area (Å²) in [5, 5.41) is 9.18. The minimum Gasteiger partial charge on any atom is -0.494 e. The number of hydrogen-bond acceptors (Lipinski definition) is 4. The van der Waals surface area contributed by atoms with Crippen LogP contribution in [0.1, 0.15) is 15.9 Å². The van der Waals surface area contributed by atoms with Crippen molar-refractivity contribution in [3.63, 3.8) is 0 Å². The minimum absolute atomic E-state index is 0.0804. The number of halogens is 1. The summed E-state index contributed by atoms with van der Waals surface area (Å²) in [7, 11) is 2.62. The van der Waals surface area contributed by atoms with Crippen molar-refractivity contribution in [3.8, 4) is 11.8 Å². The highest BCUT2D eigenvalue weighted by Crippen LogP contribution is 2.30. The monoisotopic (exact) mass is 225 g/mol. The van der Waals surface area contributed by atoms with Crippen LogP contribution in [-0.2, 0) is 4.74 Å². The standard InChI is InChI=1S/C10H8ClNO3/c1-14-9-7(5-12)6(10(13)15-2)3-4-8(9)11/h3-4H,1-2H3. The first kappa shape index (κ1) is 11.3. The maximum absolute atomic E-state index is 11.3. The Balaban J connectivity index is 3.43. The lowest BCUT2D eigenvalue weighted by molar-refractivity contribution is 0.0600. The molecule has 1 rings (SSSR count). The van der Waals surface area contributed by atoms with Gasteiger partial charge in [0.2, 0.25) is 0 Å². The second kappa shape index (κ2) is 4.67. The Hall–Kier alpha value is -1.73. The average Bonchev–Trinajstić information content (AvgIpc) is 2.27. The fraction of sp³-hybridized carbons (Fsp3) is 0.200. The van der Waals surface area contributed by atoms with E-state index in [2.05, 4.69) is 4.74 Å². The molecule has 1 aromatic rings. The summed E-state index contributed by atoms with van der Waals surface area (Å²) in [4.78, 5) is 11.3. The van der Waals surface area contributed by atoms with Gasteiger partial charge in [-0.1, -0.05) is 11.6 Å². The number of nitriles is 1. The third kappa shape index (κ3) is 2.03. The van der Waals surface area contributed by atoms with Crippen LogP contribution in [-0.4, -0.2) is 20.2 Å². The van der Waals surface area contributed by atoms with Gasteiger partial charge in [-0.05, 0) is 12.1 Å². The molecule has 0 atom stereocenters. The van der Waals surface area contributed by atoms with E-state index in [-0.39, 0.29) is 21.9 Å². The first-order valence-corrected chi connectivity index (χ1v) is 4.38. The molecule has 0 spiro atoms. The zero-order chi connectivity index (χ0) is 11.4. The number of carbonyl (C=O) groups excluding carboxylic acids is 1. The predicted molar refractivity (Wildman–Crippen MR) is 54.1 cm³/mol. The predicted octanol–water partition coefficient (Wildman–Crippen LogP) is 2.01. The molecular weight excluding hydrogens is 218 g/mol. The first-order chi connectivity index (χ1) is 7.15. The lowest BCUT2D eigenvalue weighted by Gasteiger charge is -2.08. The molecule has 0 fully saturated rings. The van der Waals surface area contributed by atoms with E-state index in [1.54, 1.807) is 0 Å². The zero-order valence-corrected chi connectivity index (χ0v) is 8.96. The number of nitrogens with zero attached hydrogens (tertiary/aromatic N) is 1. The SMILES string of the molecule is COC(=O)c1ccc(Cl)c(OC)c1C#N. The Kier molecular flexibility index (Phi) is 3.53. The highest BCUT2D eigenvalue weighted by atomic mass is 35.5. The summed E-state index contributed by atoms with van der Waals surface area (Å²) in [5.74, 6) is -0.413. The molecule has 0 aromatic heterocycles.